The number of halogens is 4. The van der Waals surface area contributed by atoms with Crippen molar-refractivity contribution in [3.8, 4) is 0 Å². The molecular weight excluding hydrogens is 321 g/mol. The van der Waals surface area contributed by atoms with Gasteiger partial charge in [0, 0.05) is 0 Å². The molecule has 0 aromatic carbocycles. The van der Waals surface area contributed by atoms with E-state index in [1.165, 1.54) is 0 Å². The Morgan fingerprint density at radius 1 is 1.45 bits per heavy atom. The van der Waals surface area contributed by atoms with Gasteiger partial charge in [-0.1, -0.05) is 11.6 Å². The van der Waals surface area contributed by atoms with Crippen LogP contribution in [-0.2, 0) is 11.0 Å². The molecule has 0 radical (unpaired) electrons. The topological polar surface area (TPSA) is 64.9 Å². The monoisotopic (exact) mass is 338 g/mol. The first kappa shape index (κ1) is 16.8. The van der Waals surface area contributed by atoms with Crippen molar-refractivity contribution in [1.82, 2.24) is 0 Å². The van der Waals surface area contributed by atoms with E-state index in [1.807, 2.05) is 4.90 Å². The second-order valence-electron chi connectivity index (χ2n) is 5.35. The van der Waals surface area contributed by atoms with Gasteiger partial charge in [-0.15, -0.1) is 0 Å². The van der Waals surface area contributed by atoms with Gasteiger partial charge in [0.25, 0.3) is 11.7 Å². The maximum atomic E-state index is 12.6. The number of H-pyrrole nitrogens is 1. The summed E-state index contributed by atoms with van der Waals surface area (Å²) in [6.07, 6.45) is -3.52. The lowest BCUT2D eigenvalue weighted by molar-refractivity contribution is -0.914. The molecular formula is C13H18ClF3N4O+2. The number of alkyl halides is 3. The Hall–Kier alpha value is -1.54. The average molecular weight is 339 g/mol. The van der Waals surface area contributed by atoms with Crippen molar-refractivity contribution in [2.45, 2.75) is 19.1 Å². The molecule has 5 nitrogen and oxygen atoms in total. The molecule has 122 valence electrons. The fourth-order valence-corrected chi connectivity index (χ4v) is 2.81. The van der Waals surface area contributed by atoms with Gasteiger partial charge >= 0.3 is 6.18 Å². The number of hydrogen-bond acceptors (Lipinski definition) is 2. The van der Waals surface area contributed by atoms with E-state index in [0.29, 0.717) is 32.0 Å². The number of carbonyl (C=O) groups excluding carboxylic acids is 1. The highest BCUT2D eigenvalue weighted by Gasteiger charge is 2.36. The highest BCUT2D eigenvalue weighted by atomic mass is 35.5. The molecule has 1 atom stereocenters. The Balaban J connectivity index is 2.07. The van der Waals surface area contributed by atoms with Gasteiger partial charge in [-0.25, -0.2) is 9.88 Å². The summed E-state index contributed by atoms with van der Waals surface area (Å²) in [6.45, 7) is 4.25. The fraction of sp³-hybridized carbons (Fsp3) is 0.538. The minimum absolute atomic E-state index is 0.0289. The van der Waals surface area contributed by atoms with E-state index in [9.17, 15) is 18.0 Å². The molecule has 4 N–H and O–H groups in total. The van der Waals surface area contributed by atoms with E-state index < -0.39 is 11.7 Å². The third kappa shape index (κ3) is 3.61. The molecule has 0 saturated carbocycles. The number of amides is 1. The zero-order valence-corrected chi connectivity index (χ0v) is 12.8. The lowest BCUT2D eigenvalue weighted by atomic mass is 10.2. The van der Waals surface area contributed by atoms with E-state index >= 15 is 0 Å². The maximum absolute atomic E-state index is 12.6. The molecule has 1 aliphatic rings. The predicted molar refractivity (Wildman–Crippen MR) is 74.6 cm³/mol. The van der Waals surface area contributed by atoms with Crippen LogP contribution in [0.4, 0.5) is 19.0 Å². The molecule has 0 unspecified atom stereocenters. The first-order chi connectivity index (χ1) is 10.2. The summed E-state index contributed by atoms with van der Waals surface area (Å²) < 4.78 is 37.9. The molecule has 0 aliphatic carbocycles. The predicted octanol–water partition coefficient (Wildman–Crippen LogP) is -0.248. The molecule has 1 aromatic rings. The van der Waals surface area contributed by atoms with Gasteiger partial charge in [-0.3, -0.25) is 4.79 Å². The molecule has 9 heteroatoms. The highest BCUT2D eigenvalue weighted by molar-refractivity contribution is 6.32. The van der Waals surface area contributed by atoms with Crippen LogP contribution in [0.15, 0.2) is 12.3 Å². The van der Waals surface area contributed by atoms with Crippen LogP contribution in [0, 0.1) is 0 Å². The molecule has 0 spiro atoms. The van der Waals surface area contributed by atoms with Gasteiger partial charge in [0.15, 0.2) is 6.04 Å². The van der Waals surface area contributed by atoms with Crippen LogP contribution in [0.1, 0.15) is 12.5 Å². The van der Waals surface area contributed by atoms with Crippen molar-refractivity contribution in [2.24, 2.45) is 5.73 Å². The Morgan fingerprint density at radius 3 is 2.50 bits per heavy atom. The molecule has 1 aromatic heterocycles. The Labute approximate surface area is 130 Å². The van der Waals surface area contributed by atoms with Gasteiger partial charge in [0.05, 0.1) is 5.56 Å². The van der Waals surface area contributed by atoms with Crippen molar-refractivity contribution in [3.63, 3.8) is 0 Å². The van der Waals surface area contributed by atoms with Crippen molar-refractivity contribution in [3.05, 3.63) is 22.8 Å². The third-order valence-electron chi connectivity index (χ3n) is 3.96. The summed E-state index contributed by atoms with van der Waals surface area (Å²) in [5.74, 6) is 0.100. The van der Waals surface area contributed by atoms with Crippen molar-refractivity contribution in [1.29, 1.82) is 0 Å². The van der Waals surface area contributed by atoms with Gasteiger partial charge in [-0.2, -0.15) is 13.2 Å². The molecule has 1 aliphatic heterocycles. The number of aromatic amines is 1. The SMILES string of the molecule is C[C@@H](C(N)=O)[NH+]1CCN(c2[nH+]cc(C(F)(F)F)cc2Cl)CC1. The van der Waals surface area contributed by atoms with Crippen molar-refractivity contribution < 1.29 is 27.8 Å². The van der Waals surface area contributed by atoms with Gasteiger partial charge in [0.2, 0.25) is 0 Å². The summed E-state index contributed by atoms with van der Waals surface area (Å²) in [5.41, 5.74) is 4.47. The molecule has 2 heterocycles. The lowest BCUT2D eigenvalue weighted by Gasteiger charge is -2.31. The Morgan fingerprint density at radius 2 is 2.05 bits per heavy atom. The lowest BCUT2D eigenvalue weighted by Crippen LogP contribution is -3.19. The van der Waals surface area contributed by atoms with Gasteiger partial charge in [0.1, 0.15) is 37.4 Å². The zero-order valence-electron chi connectivity index (χ0n) is 12.0. The van der Waals surface area contributed by atoms with Crippen LogP contribution in [0.3, 0.4) is 0 Å². The average Bonchev–Trinajstić information content (AvgIpc) is 2.45. The zero-order chi connectivity index (χ0) is 16.5. The van der Waals surface area contributed by atoms with Crippen LogP contribution in [0.25, 0.3) is 0 Å². The summed E-state index contributed by atoms with van der Waals surface area (Å²) in [7, 11) is 0. The van der Waals surface area contributed by atoms with Crippen LogP contribution in [-0.4, -0.2) is 38.1 Å². The van der Waals surface area contributed by atoms with Crippen LogP contribution in [0.5, 0.6) is 0 Å². The summed E-state index contributed by atoms with van der Waals surface area (Å²) in [5, 5.41) is 0.0289. The number of carbonyl (C=O) groups is 1. The summed E-state index contributed by atoms with van der Waals surface area (Å²) >= 11 is 5.96. The molecule has 1 saturated heterocycles. The number of quaternary nitrogens is 1. The minimum Gasteiger partial charge on any atom is -0.365 e. The van der Waals surface area contributed by atoms with E-state index in [2.05, 4.69) is 4.98 Å². The number of aromatic nitrogens is 1. The third-order valence-corrected chi connectivity index (χ3v) is 4.25. The van der Waals surface area contributed by atoms with E-state index in [1.54, 1.807) is 6.92 Å². The first-order valence-corrected chi connectivity index (χ1v) is 7.25. The highest BCUT2D eigenvalue weighted by Crippen LogP contribution is 2.31. The first-order valence-electron chi connectivity index (χ1n) is 6.87. The quantitative estimate of drug-likeness (QED) is 0.798. The van der Waals surface area contributed by atoms with Crippen molar-refractivity contribution in [2.75, 3.05) is 31.1 Å². The summed E-state index contributed by atoms with van der Waals surface area (Å²) in [4.78, 5) is 16.7. The smallest absolute Gasteiger partial charge is 0.365 e. The fourth-order valence-electron chi connectivity index (χ4n) is 2.52. The number of hydrogen-bond donors (Lipinski definition) is 2. The van der Waals surface area contributed by atoms with Gasteiger partial charge < -0.3 is 10.6 Å². The van der Waals surface area contributed by atoms with E-state index in [-0.39, 0.29) is 17.0 Å². The molecule has 0 bridgehead atoms. The molecule has 1 amide bonds. The van der Waals surface area contributed by atoms with Crippen LogP contribution >= 0.6 is 11.6 Å². The standard InChI is InChI=1S/C13H16ClF3N4O/c1-8(11(18)22)20-2-4-21(5-3-20)12-10(14)6-9(7-19-12)13(15,16)17/h6-8H,2-5H2,1H3,(H2,18,22)/p+2/t8-/m0/s1. The number of piperazine rings is 1. The second kappa shape index (κ2) is 6.29. The second-order valence-corrected chi connectivity index (χ2v) is 5.76. The van der Waals surface area contributed by atoms with Crippen molar-refractivity contribution >= 4 is 23.3 Å². The number of anilines is 1. The summed E-state index contributed by atoms with van der Waals surface area (Å²) in [6, 6.07) is 0.632. The molecule has 2 rings (SSSR count). The Bertz CT molecular complexity index is 559. The number of nitrogens with zero attached hydrogens (tertiary/aromatic N) is 1. The Kier molecular flexibility index (Phi) is 4.81. The molecule has 22 heavy (non-hydrogen) atoms. The van der Waals surface area contributed by atoms with E-state index in [0.717, 1.165) is 17.2 Å². The molecule has 1 fully saturated rings. The van der Waals surface area contributed by atoms with Gasteiger partial charge in [-0.05, 0) is 13.0 Å². The number of primary amides is 1. The largest absolute Gasteiger partial charge is 0.419 e. The van der Waals surface area contributed by atoms with Crippen LogP contribution in [0.2, 0.25) is 5.02 Å². The number of rotatable bonds is 3. The number of nitrogens with two attached hydrogens (primary N) is 1. The number of nitrogens with one attached hydrogen (secondary N) is 2. The minimum atomic E-state index is -4.43. The van der Waals surface area contributed by atoms with E-state index in [4.69, 9.17) is 17.3 Å². The maximum Gasteiger partial charge on any atom is 0.419 e. The number of pyridine rings is 1. The normalized spacial score (nSPS) is 18.3. The van der Waals surface area contributed by atoms with Crippen LogP contribution < -0.4 is 20.5 Å².